The largest absolute Gasteiger partial charge is 0.507 e. The second-order valence-electron chi connectivity index (χ2n) is 8.68. The fraction of sp³-hybridized carbons (Fsp3) is 0.286. The van der Waals surface area contributed by atoms with Gasteiger partial charge in [-0.1, -0.05) is 30.4 Å². The monoisotopic (exact) mass is 538 g/mol. The van der Waals surface area contributed by atoms with Crippen LogP contribution in [-0.2, 0) is 14.3 Å². The Balaban J connectivity index is 1.87. The normalized spacial score (nSPS) is 16.7. The van der Waals surface area contributed by atoms with Gasteiger partial charge in [-0.05, 0) is 68.7 Å². The number of hydrogen-bond donors (Lipinski definition) is 1. The molecule has 1 fully saturated rings. The first-order valence-corrected chi connectivity index (χ1v) is 12.9. The van der Waals surface area contributed by atoms with E-state index in [4.69, 9.17) is 9.47 Å². The zero-order valence-corrected chi connectivity index (χ0v) is 22.2. The summed E-state index contributed by atoms with van der Waals surface area (Å²) in [5.41, 5.74) is 1.54. The molecule has 0 aliphatic carbocycles. The van der Waals surface area contributed by atoms with Crippen LogP contribution in [-0.4, -0.2) is 41.0 Å². The molecule has 0 spiro atoms. The molecular formula is C28H27FN2O6S. The molecule has 2 heterocycles. The summed E-state index contributed by atoms with van der Waals surface area (Å²) in [6.07, 6.45) is 0.829. The highest BCUT2D eigenvalue weighted by molar-refractivity contribution is 7.17. The van der Waals surface area contributed by atoms with Crippen LogP contribution in [0.1, 0.15) is 58.4 Å². The van der Waals surface area contributed by atoms with Gasteiger partial charge in [0.1, 0.15) is 22.2 Å². The molecular weight excluding hydrogens is 511 g/mol. The fourth-order valence-corrected chi connectivity index (χ4v) is 5.21. The summed E-state index contributed by atoms with van der Waals surface area (Å²) in [5.74, 6) is -2.71. The van der Waals surface area contributed by atoms with Crippen LogP contribution in [0, 0.1) is 19.7 Å². The summed E-state index contributed by atoms with van der Waals surface area (Å²) in [7, 11) is 0. The number of thiazole rings is 1. The van der Waals surface area contributed by atoms with Crippen LogP contribution in [0.25, 0.3) is 5.76 Å². The second-order valence-corrected chi connectivity index (χ2v) is 9.65. The quantitative estimate of drug-likeness (QED) is 0.175. The third-order valence-electron chi connectivity index (χ3n) is 6.01. The number of aliphatic hydroxyl groups is 1. The first kappa shape index (κ1) is 27.0. The van der Waals surface area contributed by atoms with E-state index >= 15 is 0 Å². The molecule has 2 aromatic carbocycles. The zero-order valence-electron chi connectivity index (χ0n) is 21.4. The molecule has 8 nitrogen and oxygen atoms in total. The number of benzene rings is 2. The van der Waals surface area contributed by atoms with Gasteiger partial charge in [0.2, 0.25) is 0 Å². The van der Waals surface area contributed by atoms with Crippen LogP contribution in [0.5, 0.6) is 5.75 Å². The number of rotatable bonds is 8. The lowest BCUT2D eigenvalue weighted by Gasteiger charge is -2.23. The number of carbonyl (C=O) groups excluding carboxylic acids is 3. The Hall–Kier alpha value is -4.05. The number of carbonyl (C=O) groups is 3. The molecule has 1 N–H and O–H groups in total. The van der Waals surface area contributed by atoms with Crippen molar-refractivity contribution in [1.29, 1.82) is 0 Å². The van der Waals surface area contributed by atoms with Crippen molar-refractivity contribution in [3.63, 3.8) is 0 Å². The number of Topliss-reactive ketones (excluding diaryl/α,β-unsaturated/α-hetero) is 1. The van der Waals surface area contributed by atoms with Crippen molar-refractivity contribution in [2.45, 2.75) is 40.2 Å². The van der Waals surface area contributed by atoms with E-state index in [0.717, 1.165) is 22.7 Å². The van der Waals surface area contributed by atoms with Crippen LogP contribution in [0.3, 0.4) is 0 Å². The van der Waals surface area contributed by atoms with Crippen LogP contribution in [0.15, 0.2) is 48.0 Å². The number of halogens is 1. The highest BCUT2D eigenvalue weighted by Crippen LogP contribution is 2.44. The van der Waals surface area contributed by atoms with Crippen molar-refractivity contribution in [1.82, 2.24) is 4.98 Å². The second kappa shape index (κ2) is 11.1. The lowest BCUT2D eigenvalue weighted by Crippen LogP contribution is -2.29. The Morgan fingerprint density at radius 1 is 1.13 bits per heavy atom. The number of ether oxygens (including phenoxy) is 2. The van der Waals surface area contributed by atoms with Gasteiger partial charge in [0.15, 0.2) is 5.13 Å². The third kappa shape index (κ3) is 5.04. The standard InChI is InChI=1S/C28H27FN2O6S/c1-5-13-37-19-11-12-20(15(3)14-19)23(32)21-22(17-7-9-18(29)10-8-17)31(26(34)24(21)33)28-30-16(4)25(38-28)27(35)36-6-2/h7-12,14,22,32H,5-6,13H2,1-4H3. The maximum atomic E-state index is 13.8. The van der Waals surface area contributed by atoms with Crippen molar-refractivity contribution in [2.75, 3.05) is 18.1 Å². The number of aromatic nitrogens is 1. The van der Waals surface area contributed by atoms with Gasteiger partial charge in [-0.15, -0.1) is 0 Å². The Morgan fingerprint density at radius 2 is 1.84 bits per heavy atom. The first-order chi connectivity index (χ1) is 18.2. The van der Waals surface area contributed by atoms with E-state index < -0.39 is 29.5 Å². The summed E-state index contributed by atoms with van der Waals surface area (Å²) in [5, 5.41) is 11.5. The van der Waals surface area contributed by atoms with Crippen LogP contribution in [0.4, 0.5) is 9.52 Å². The van der Waals surface area contributed by atoms with E-state index in [1.165, 1.54) is 24.3 Å². The van der Waals surface area contributed by atoms with Crippen molar-refractivity contribution in [3.8, 4) is 5.75 Å². The van der Waals surface area contributed by atoms with Gasteiger partial charge in [0, 0.05) is 5.56 Å². The molecule has 3 aromatic rings. The molecule has 0 saturated carbocycles. The SMILES string of the molecule is CCCOc1ccc(C(O)=C2C(=O)C(=O)N(c3nc(C)c(C(=O)OCC)s3)C2c2ccc(F)cc2)c(C)c1. The van der Waals surface area contributed by atoms with Gasteiger partial charge in [-0.2, -0.15) is 0 Å². The average Bonchev–Trinajstić information content (AvgIpc) is 3.39. The molecule has 1 amide bonds. The van der Waals surface area contributed by atoms with Gasteiger partial charge in [0.05, 0.1) is 30.5 Å². The lowest BCUT2D eigenvalue weighted by molar-refractivity contribution is -0.132. The van der Waals surface area contributed by atoms with Crippen molar-refractivity contribution < 1.29 is 33.4 Å². The number of esters is 1. The van der Waals surface area contributed by atoms with E-state index in [0.29, 0.717) is 34.7 Å². The molecule has 38 heavy (non-hydrogen) atoms. The smallest absolute Gasteiger partial charge is 0.350 e. The predicted molar refractivity (Wildman–Crippen MR) is 141 cm³/mol. The Bertz CT molecular complexity index is 1430. The number of hydrogen-bond acceptors (Lipinski definition) is 8. The van der Waals surface area contributed by atoms with E-state index in [-0.39, 0.29) is 27.9 Å². The third-order valence-corrected chi connectivity index (χ3v) is 7.14. The predicted octanol–water partition coefficient (Wildman–Crippen LogP) is 5.49. The average molecular weight is 539 g/mol. The lowest BCUT2D eigenvalue weighted by atomic mass is 9.94. The Kier molecular flexibility index (Phi) is 7.91. The molecule has 1 saturated heterocycles. The number of nitrogens with zero attached hydrogens (tertiary/aromatic N) is 2. The number of aliphatic hydroxyl groups excluding tert-OH is 1. The molecule has 10 heteroatoms. The molecule has 1 unspecified atom stereocenters. The number of anilines is 1. The van der Waals surface area contributed by atoms with Crippen LogP contribution >= 0.6 is 11.3 Å². The topological polar surface area (TPSA) is 106 Å². The van der Waals surface area contributed by atoms with Gasteiger partial charge >= 0.3 is 11.9 Å². The van der Waals surface area contributed by atoms with Crippen molar-refractivity contribution >= 4 is 39.9 Å². The summed E-state index contributed by atoms with van der Waals surface area (Å²) in [6, 6.07) is 9.22. The molecule has 0 radical (unpaired) electrons. The number of ketones is 1. The first-order valence-electron chi connectivity index (χ1n) is 12.1. The number of amides is 1. The fourth-order valence-electron chi connectivity index (χ4n) is 4.22. The molecule has 4 rings (SSSR count). The van der Waals surface area contributed by atoms with E-state index in [1.54, 1.807) is 39.0 Å². The summed E-state index contributed by atoms with van der Waals surface area (Å²) >= 11 is 0.907. The van der Waals surface area contributed by atoms with Crippen LogP contribution < -0.4 is 9.64 Å². The molecule has 0 bridgehead atoms. The summed E-state index contributed by atoms with van der Waals surface area (Å²) in [6.45, 7) is 7.70. The van der Waals surface area contributed by atoms with E-state index in [9.17, 15) is 23.9 Å². The van der Waals surface area contributed by atoms with E-state index in [2.05, 4.69) is 4.98 Å². The minimum absolute atomic E-state index is 0.0843. The summed E-state index contributed by atoms with van der Waals surface area (Å²) < 4.78 is 24.5. The molecule has 1 aromatic heterocycles. The maximum absolute atomic E-state index is 13.8. The molecule has 198 valence electrons. The van der Waals surface area contributed by atoms with Gasteiger partial charge in [-0.3, -0.25) is 14.5 Å². The van der Waals surface area contributed by atoms with Gasteiger partial charge in [0.25, 0.3) is 5.78 Å². The van der Waals surface area contributed by atoms with E-state index in [1.807, 2.05) is 6.92 Å². The maximum Gasteiger partial charge on any atom is 0.350 e. The zero-order chi connectivity index (χ0) is 27.6. The summed E-state index contributed by atoms with van der Waals surface area (Å²) in [4.78, 5) is 44.8. The van der Waals surface area contributed by atoms with Crippen molar-refractivity contribution in [3.05, 3.63) is 81.1 Å². The van der Waals surface area contributed by atoms with Crippen LogP contribution in [0.2, 0.25) is 0 Å². The van der Waals surface area contributed by atoms with Gasteiger partial charge < -0.3 is 14.6 Å². The highest BCUT2D eigenvalue weighted by Gasteiger charge is 2.48. The van der Waals surface area contributed by atoms with Gasteiger partial charge in [-0.25, -0.2) is 14.2 Å². The minimum atomic E-state index is -1.10. The molecule has 1 aliphatic rings. The Labute approximate surface area is 223 Å². The van der Waals surface area contributed by atoms with Crippen molar-refractivity contribution in [2.24, 2.45) is 0 Å². The Morgan fingerprint density at radius 3 is 2.47 bits per heavy atom. The molecule has 1 atom stereocenters. The highest BCUT2D eigenvalue weighted by atomic mass is 32.1. The molecule has 1 aliphatic heterocycles. The minimum Gasteiger partial charge on any atom is -0.507 e. The number of aryl methyl sites for hydroxylation is 2.